The number of halogens is 1. The molecule has 0 aromatic heterocycles. The maximum Gasteiger partial charge on any atom is 0.0215 e. The lowest BCUT2D eigenvalue weighted by Gasteiger charge is -2.17. The van der Waals surface area contributed by atoms with Crippen molar-refractivity contribution in [3.63, 3.8) is 0 Å². The van der Waals surface area contributed by atoms with Gasteiger partial charge in [0, 0.05) is 11.9 Å². The van der Waals surface area contributed by atoms with Crippen LogP contribution in [-0.4, -0.2) is 11.9 Å². The molecule has 1 N–H and O–H groups in total. The third-order valence-electron chi connectivity index (χ3n) is 2.52. The molecule has 0 fully saturated rings. The van der Waals surface area contributed by atoms with Gasteiger partial charge >= 0.3 is 0 Å². The fourth-order valence-corrected chi connectivity index (χ4v) is 1.97. The molecule has 2 rings (SSSR count). The van der Waals surface area contributed by atoms with E-state index in [4.69, 9.17) is 0 Å². The molecule has 1 aromatic rings. The van der Waals surface area contributed by atoms with E-state index in [1.165, 1.54) is 16.7 Å². The highest BCUT2D eigenvalue weighted by molar-refractivity contribution is 9.09. The maximum absolute atomic E-state index is 3.38. The van der Waals surface area contributed by atoms with E-state index >= 15 is 0 Å². The van der Waals surface area contributed by atoms with Crippen molar-refractivity contribution in [1.82, 2.24) is 5.32 Å². The van der Waals surface area contributed by atoms with Crippen LogP contribution in [-0.2, 0) is 13.0 Å². The van der Waals surface area contributed by atoms with Gasteiger partial charge in [-0.15, -0.1) is 0 Å². The second-order valence-corrected chi connectivity index (χ2v) is 4.16. The lowest BCUT2D eigenvalue weighted by Crippen LogP contribution is -2.23. The Balaban J connectivity index is 2.24. The Morgan fingerprint density at radius 2 is 2.29 bits per heavy atom. The lowest BCUT2D eigenvalue weighted by molar-refractivity contribution is 0.643. The zero-order chi connectivity index (χ0) is 9.80. The number of benzene rings is 1. The minimum absolute atomic E-state index is 0.922. The summed E-state index contributed by atoms with van der Waals surface area (Å²) in [6.07, 6.45) is 5.45. The van der Waals surface area contributed by atoms with Crippen LogP contribution in [0.3, 0.4) is 0 Å². The highest BCUT2D eigenvalue weighted by Crippen LogP contribution is 2.16. The van der Waals surface area contributed by atoms with E-state index in [9.17, 15) is 0 Å². The zero-order valence-corrected chi connectivity index (χ0v) is 9.68. The van der Waals surface area contributed by atoms with Crippen molar-refractivity contribution in [2.24, 2.45) is 0 Å². The van der Waals surface area contributed by atoms with Gasteiger partial charge in [-0.05, 0) is 29.7 Å². The minimum Gasteiger partial charge on any atom is -0.312 e. The number of fused-ring (bicyclic) bond motifs is 1. The average Bonchev–Trinajstić information content (AvgIpc) is 2.26. The van der Waals surface area contributed by atoms with Crippen molar-refractivity contribution in [1.29, 1.82) is 0 Å². The van der Waals surface area contributed by atoms with Crippen molar-refractivity contribution in [2.75, 3.05) is 11.9 Å². The van der Waals surface area contributed by atoms with E-state index in [1.54, 1.807) is 0 Å². The van der Waals surface area contributed by atoms with Gasteiger partial charge in [-0.25, -0.2) is 0 Å². The molecule has 14 heavy (non-hydrogen) atoms. The van der Waals surface area contributed by atoms with E-state index in [1.807, 2.05) is 0 Å². The summed E-state index contributed by atoms with van der Waals surface area (Å²) in [4.78, 5) is 0. The van der Waals surface area contributed by atoms with E-state index in [0.717, 1.165) is 24.8 Å². The molecule has 0 bridgehead atoms. The number of hydrogen-bond acceptors (Lipinski definition) is 1. The molecule has 0 saturated heterocycles. The fourth-order valence-electron chi connectivity index (χ4n) is 1.78. The van der Waals surface area contributed by atoms with Crippen molar-refractivity contribution in [3.05, 3.63) is 41.0 Å². The van der Waals surface area contributed by atoms with Crippen LogP contribution < -0.4 is 5.32 Å². The van der Waals surface area contributed by atoms with Crippen molar-refractivity contribution in [2.45, 2.75) is 13.0 Å². The van der Waals surface area contributed by atoms with Gasteiger partial charge in [-0.1, -0.05) is 46.3 Å². The summed E-state index contributed by atoms with van der Waals surface area (Å²) >= 11 is 3.38. The first-order valence-corrected chi connectivity index (χ1v) is 6.07. The van der Waals surface area contributed by atoms with Crippen molar-refractivity contribution < 1.29 is 0 Å². The predicted molar refractivity (Wildman–Crippen MR) is 64.7 cm³/mol. The van der Waals surface area contributed by atoms with Crippen LogP contribution in [0.2, 0.25) is 0 Å². The summed E-state index contributed by atoms with van der Waals surface area (Å²) in [7, 11) is 0. The third kappa shape index (κ3) is 2.25. The summed E-state index contributed by atoms with van der Waals surface area (Å²) in [5.41, 5.74) is 4.26. The highest BCUT2D eigenvalue weighted by atomic mass is 79.9. The van der Waals surface area contributed by atoms with Crippen LogP contribution in [0, 0.1) is 0 Å². The second-order valence-electron chi connectivity index (χ2n) is 3.51. The molecule has 1 heterocycles. The van der Waals surface area contributed by atoms with Gasteiger partial charge in [-0.3, -0.25) is 0 Å². The molecule has 74 valence electrons. The van der Waals surface area contributed by atoms with Crippen LogP contribution in [0.5, 0.6) is 0 Å². The Morgan fingerprint density at radius 1 is 1.36 bits per heavy atom. The van der Waals surface area contributed by atoms with Crippen LogP contribution in [0.4, 0.5) is 0 Å². The molecular weight excluding hydrogens is 238 g/mol. The second kappa shape index (κ2) is 4.76. The molecule has 1 aromatic carbocycles. The topological polar surface area (TPSA) is 12.0 Å². The smallest absolute Gasteiger partial charge is 0.0215 e. The first-order chi connectivity index (χ1) is 6.90. The molecule has 1 aliphatic heterocycles. The summed E-state index contributed by atoms with van der Waals surface area (Å²) < 4.78 is 0. The van der Waals surface area contributed by atoms with E-state index < -0.39 is 0 Å². The SMILES string of the molecule is BrCC=Cc1ccc2c(c1)CCNC2. The zero-order valence-electron chi connectivity index (χ0n) is 8.09. The Morgan fingerprint density at radius 3 is 3.14 bits per heavy atom. The van der Waals surface area contributed by atoms with Crippen LogP contribution in [0.1, 0.15) is 16.7 Å². The summed E-state index contributed by atoms with van der Waals surface area (Å²) in [6.45, 7) is 2.14. The molecule has 0 saturated carbocycles. The molecule has 1 nitrogen and oxygen atoms in total. The summed E-state index contributed by atoms with van der Waals surface area (Å²) in [6, 6.07) is 6.72. The number of nitrogens with one attached hydrogen (secondary N) is 1. The van der Waals surface area contributed by atoms with E-state index in [2.05, 4.69) is 51.6 Å². The van der Waals surface area contributed by atoms with Crippen LogP contribution >= 0.6 is 15.9 Å². The van der Waals surface area contributed by atoms with Gasteiger partial charge in [-0.2, -0.15) is 0 Å². The van der Waals surface area contributed by atoms with Gasteiger partial charge in [0.2, 0.25) is 0 Å². The largest absolute Gasteiger partial charge is 0.312 e. The molecule has 0 atom stereocenters. The Bertz CT molecular complexity index is 344. The molecule has 0 unspecified atom stereocenters. The van der Waals surface area contributed by atoms with Gasteiger partial charge in [0.25, 0.3) is 0 Å². The first kappa shape index (κ1) is 9.94. The number of rotatable bonds is 2. The first-order valence-electron chi connectivity index (χ1n) is 4.95. The monoisotopic (exact) mass is 251 g/mol. The number of hydrogen-bond donors (Lipinski definition) is 1. The van der Waals surface area contributed by atoms with Crippen LogP contribution in [0.25, 0.3) is 6.08 Å². The average molecular weight is 252 g/mol. The Hall–Kier alpha value is -0.600. The van der Waals surface area contributed by atoms with Gasteiger partial charge in [0.05, 0.1) is 0 Å². The van der Waals surface area contributed by atoms with E-state index in [0.29, 0.717) is 0 Å². The number of allylic oxidation sites excluding steroid dienone is 1. The quantitative estimate of drug-likeness (QED) is 0.798. The van der Waals surface area contributed by atoms with Gasteiger partial charge in [0.1, 0.15) is 0 Å². The third-order valence-corrected chi connectivity index (χ3v) is 2.89. The van der Waals surface area contributed by atoms with Gasteiger partial charge in [0.15, 0.2) is 0 Å². The number of alkyl halides is 1. The van der Waals surface area contributed by atoms with Crippen LogP contribution in [0.15, 0.2) is 24.3 Å². The van der Waals surface area contributed by atoms with Gasteiger partial charge < -0.3 is 5.32 Å². The van der Waals surface area contributed by atoms with Crippen molar-refractivity contribution >= 4 is 22.0 Å². The highest BCUT2D eigenvalue weighted by Gasteiger charge is 2.07. The summed E-state index contributed by atoms with van der Waals surface area (Å²) in [5, 5.41) is 4.30. The molecular formula is C12H14BrN. The fraction of sp³-hybridized carbons (Fsp3) is 0.333. The predicted octanol–water partition coefficient (Wildman–Crippen LogP) is 2.74. The van der Waals surface area contributed by atoms with E-state index in [-0.39, 0.29) is 0 Å². The summed E-state index contributed by atoms with van der Waals surface area (Å²) in [5.74, 6) is 0. The maximum atomic E-state index is 3.38. The molecule has 0 aliphatic carbocycles. The normalized spacial score (nSPS) is 15.8. The molecule has 2 heteroatoms. The Labute approximate surface area is 93.3 Å². The lowest BCUT2D eigenvalue weighted by atomic mass is 9.98. The molecule has 0 spiro atoms. The molecule has 0 amide bonds. The Kier molecular flexibility index (Phi) is 3.38. The molecule has 1 aliphatic rings. The minimum atomic E-state index is 0.922. The van der Waals surface area contributed by atoms with Crippen molar-refractivity contribution in [3.8, 4) is 0 Å². The standard InChI is InChI=1S/C12H14BrN/c13-6-1-2-10-3-4-12-9-14-7-5-11(12)8-10/h1-4,8,14H,5-7,9H2. The molecule has 0 radical (unpaired) electrons.